The monoisotopic (exact) mass is 502 g/mol. The summed E-state index contributed by atoms with van der Waals surface area (Å²) in [6, 6.07) is 11.1. The number of nitrogens with one attached hydrogen (secondary N) is 1. The number of hydrogen-bond acceptors (Lipinski definition) is 4. The van der Waals surface area contributed by atoms with Gasteiger partial charge in [-0.25, -0.2) is 13.6 Å². The lowest BCUT2D eigenvalue weighted by molar-refractivity contribution is 0.00561. The van der Waals surface area contributed by atoms with Crippen LogP contribution in [0.15, 0.2) is 42.5 Å². The predicted octanol–water partition coefficient (Wildman–Crippen LogP) is 3.22. The summed E-state index contributed by atoms with van der Waals surface area (Å²) in [6.07, 6.45) is -1.39. The Labute approximate surface area is 175 Å². The van der Waals surface area contributed by atoms with Crippen LogP contribution in [0.2, 0.25) is 0 Å². The van der Waals surface area contributed by atoms with E-state index in [1.807, 2.05) is 18.2 Å². The largest absolute Gasteiger partial charge is 0.443 e. The first kappa shape index (κ1) is 20.9. The number of halogens is 3. The third-order valence-corrected chi connectivity index (χ3v) is 5.50. The molecule has 1 amide bonds. The van der Waals surface area contributed by atoms with E-state index < -0.39 is 29.9 Å². The van der Waals surface area contributed by atoms with Crippen LogP contribution in [0, 0.1) is 15.2 Å². The van der Waals surface area contributed by atoms with Gasteiger partial charge in [0.2, 0.25) is 0 Å². The van der Waals surface area contributed by atoms with Gasteiger partial charge in [0.05, 0.1) is 0 Å². The van der Waals surface area contributed by atoms with Gasteiger partial charge in [0, 0.05) is 28.1 Å². The normalized spacial score (nSPS) is 17.0. The molecule has 0 saturated heterocycles. The highest BCUT2D eigenvalue weighted by atomic mass is 127. The summed E-state index contributed by atoms with van der Waals surface area (Å²) in [6.45, 7) is 0.140. The van der Waals surface area contributed by atoms with Crippen LogP contribution in [-0.4, -0.2) is 30.0 Å². The van der Waals surface area contributed by atoms with Crippen LogP contribution >= 0.6 is 22.6 Å². The number of carbonyl (C=O) groups excluding carboxylic acids is 1. The summed E-state index contributed by atoms with van der Waals surface area (Å²) in [5.74, 6) is -1.48. The fourth-order valence-electron chi connectivity index (χ4n) is 3.28. The van der Waals surface area contributed by atoms with Gasteiger partial charge in [-0.15, -0.1) is 0 Å². The Morgan fingerprint density at radius 2 is 1.93 bits per heavy atom. The molecule has 1 fully saturated rings. The second-order valence-corrected chi connectivity index (χ2v) is 8.24. The minimum atomic E-state index is -1.10. The van der Waals surface area contributed by atoms with Gasteiger partial charge in [0.25, 0.3) is 0 Å². The molecule has 2 aromatic rings. The fourth-order valence-corrected chi connectivity index (χ4v) is 3.82. The first-order valence-corrected chi connectivity index (χ1v) is 9.95. The van der Waals surface area contributed by atoms with E-state index in [-0.39, 0.29) is 24.1 Å². The summed E-state index contributed by atoms with van der Waals surface area (Å²) in [7, 11) is 0. The summed E-state index contributed by atoms with van der Waals surface area (Å²) >= 11 is 2.25. The SMILES string of the molecule is NC(=O)O[C@@H](Cc1cc(F)cc(F)c1)[C@H](O)CNC1(c2cccc(I)c2)CC1. The van der Waals surface area contributed by atoms with Gasteiger partial charge >= 0.3 is 6.09 Å². The molecule has 150 valence electrons. The van der Waals surface area contributed by atoms with Crippen molar-refractivity contribution in [2.45, 2.75) is 37.0 Å². The Morgan fingerprint density at radius 1 is 1.25 bits per heavy atom. The van der Waals surface area contributed by atoms with Crippen LogP contribution in [0.25, 0.3) is 0 Å². The molecule has 1 aliphatic carbocycles. The molecule has 1 aliphatic rings. The molecule has 0 unspecified atom stereocenters. The quantitative estimate of drug-likeness (QED) is 0.485. The zero-order valence-electron chi connectivity index (χ0n) is 15.0. The molecular weight excluding hydrogens is 481 g/mol. The van der Waals surface area contributed by atoms with E-state index in [4.69, 9.17) is 10.5 Å². The predicted molar refractivity (Wildman–Crippen MR) is 109 cm³/mol. The Kier molecular flexibility index (Phi) is 6.51. The first-order chi connectivity index (χ1) is 13.3. The summed E-state index contributed by atoms with van der Waals surface area (Å²) in [4.78, 5) is 11.2. The molecule has 0 heterocycles. The highest BCUT2D eigenvalue weighted by Gasteiger charge is 2.44. The van der Waals surface area contributed by atoms with Crippen LogP contribution in [-0.2, 0) is 16.7 Å². The summed E-state index contributed by atoms with van der Waals surface area (Å²) in [5.41, 5.74) is 6.28. The van der Waals surface area contributed by atoms with E-state index >= 15 is 0 Å². The van der Waals surface area contributed by atoms with Crippen LogP contribution < -0.4 is 11.1 Å². The maximum atomic E-state index is 13.4. The van der Waals surface area contributed by atoms with Crippen LogP contribution in [0.1, 0.15) is 24.0 Å². The van der Waals surface area contributed by atoms with E-state index in [0.717, 1.165) is 40.2 Å². The van der Waals surface area contributed by atoms with Crippen molar-refractivity contribution in [1.82, 2.24) is 5.32 Å². The Morgan fingerprint density at radius 3 is 2.50 bits per heavy atom. The zero-order valence-corrected chi connectivity index (χ0v) is 17.2. The number of primary amides is 1. The number of nitrogens with two attached hydrogens (primary N) is 1. The molecule has 0 aliphatic heterocycles. The van der Waals surface area contributed by atoms with Gasteiger partial charge in [-0.1, -0.05) is 12.1 Å². The lowest BCUT2D eigenvalue weighted by Crippen LogP contribution is -2.44. The lowest BCUT2D eigenvalue weighted by atomic mass is 10.0. The fraction of sp³-hybridized carbons (Fsp3) is 0.350. The number of ether oxygens (including phenoxy) is 1. The van der Waals surface area contributed by atoms with Gasteiger partial charge in [0.1, 0.15) is 23.8 Å². The van der Waals surface area contributed by atoms with E-state index in [1.54, 1.807) is 0 Å². The van der Waals surface area contributed by atoms with E-state index in [0.29, 0.717) is 0 Å². The highest BCUT2D eigenvalue weighted by molar-refractivity contribution is 14.1. The lowest BCUT2D eigenvalue weighted by Gasteiger charge is -2.26. The number of aliphatic hydroxyl groups is 1. The topological polar surface area (TPSA) is 84.6 Å². The first-order valence-electron chi connectivity index (χ1n) is 8.88. The van der Waals surface area contributed by atoms with Crippen molar-refractivity contribution in [1.29, 1.82) is 0 Å². The molecule has 3 rings (SSSR count). The van der Waals surface area contributed by atoms with E-state index in [2.05, 4.69) is 34.0 Å². The standard InChI is InChI=1S/C20H21F2IN2O3/c21-14-6-12(7-15(22)10-14)8-18(28-19(24)27)17(26)11-25-20(4-5-20)13-2-1-3-16(23)9-13/h1-3,6-7,9-10,17-18,25-26H,4-5,8,11H2,(H2,24,27)/t17-,18+/m1/s1. The minimum Gasteiger partial charge on any atom is -0.443 e. The number of rotatable bonds is 8. The summed E-state index contributed by atoms with van der Waals surface area (Å²) in [5, 5.41) is 13.9. The molecule has 1 saturated carbocycles. The molecule has 0 bridgehead atoms. The molecule has 0 radical (unpaired) electrons. The third-order valence-electron chi connectivity index (χ3n) is 4.83. The number of benzene rings is 2. The van der Waals surface area contributed by atoms with Crippen molar-refractivity contribution >= 4 is 28.7 Å². The molecule has 5 nitrogen and oxygen atoms in total. The van der Waals surface area contributed by atoms with Crippen molar-refractivity contribution in [2.24, 2.45) is 5.73 Å². The van der Waals surface area contributed by atoms with Crippen molar-refractivity contribution < 1.29 is 23.4 Å². The number of aliphatic hydroxyl groups excluding tert-OH is 1. The van der Waals surface area contributed by atoms with Crippen molar-refractivity contribution in [2.75, 3.05) is 6.54 Å². The van der Waals surface area contributed by atoms with Gasteiger partial charge < -0.3 is 20.9 Å². The van der Waals surface area contributed by atoms with Crippen LogP contribution in [0.3, 0.4) is 0 Å². The zero-order chi connectivity index (χ0) is 20.3. The van der Waals surface area contributed by atoms with E-state index in [1.165, 1.54) is 0 Å². The van der Waals surface area contributed by atoms with Crippen LogP contribution in [0.5, 0.6) is 0 Å². The second kappa shape index (κ2) is 8.71. The molecule has 4 N–H and O–H groups in total. The average molecular weight is 502 g/mol. The van der Waals surface area contributed by atoms with Crippen molar-refractivity contribution in [3.63, 3.8) is 0 Å². The van der Waals surface area contributed by atoms with E-state index in [9.17, 15) is 18.7 Å². The molecule has 0 aromatic heterocycles. The molecule has 2 aromatic carbocycles. The Bertz CT molecular complexity index is 841. The molecule has 2 atom stereocenters. The Balaban J connectivity index is 1.68. The maximum absolute atomic E-state index is 13.4. The summed E-state index contributed by atoms with van der Waals surface area (Å²) < 4.78 is 33.0. The molecule has 8 heteroatoms. The van der Waals surface area contributed by atoms with Gasteiger partial charge in [-0.05, 0) is 70.8 Å². The smallest absolute Gasteiger partial charge is 0.404 e. The van der Waals surface area contributed by atoms with Gasteiger partial charge in [0.15, 0.2) is 0 Å². The number of carbonyl (C=O) groups is 1. The maximum Gasteiger partial charge on any atom is 0.404 e. The second-order valence-electron chi connectivity index (χ2n) is 7.00. The van der Waals surface area contributed by atoms with Crippen LogP contribution in [0.4, 0.5) is 13.6 Å². The molecular formula is C20H21F2IN2O3. The van der Waals surface area contributed by atoms with Gasteiger partial charge in [-0.2, -0.15) is 0 Å². The van der Waals surface area contributed by atoms with Crippen molar-refractivity contribution in [3.05, 3.63) is 68.8 Å². The van der Waals surface area contributed by atoms with Crippen molar-refractivity contribution in [3.8, 4) is 0 Å². The number of amides is 1. The molecule has 28 heavy (non-hydrogen) atoms. The average Bonchev–Trinajstić information content (AvgIpc) is 3.39. The number of hydrogen-bond donors (Lipinski definition) is 3. The Hall–Kier alpha value is -1.78. The van der Waals surface area contributed by atoms with Gasteiger partial charge in [-0.3, -0.25) is 0 Å². The minimum absolute atomic E-state index is 0.0588. The highest BCUT2D eigenvalue weighted by Crippen LogP contribution is 2.45. The third kappa shape index (κ3) is 5.39. The molecule has 0 spiro atoms.